The van der Waals surface area contributed by atoms with Crippen molar-refractivity contribution in [2.24, 2.45) is 0 Å². The molecule has 3 rings (SSSR count). The van der Waals surface area contributed by atoms with Gasteiger partial charge in [-0.1, -0.05) is 18.1 Å². The van der Waals surface area contributed by atoms with E-state index < -0.39 is 0 Å². The maximum atomic E-state index is 8.36. The lowest BCUT2D eigenvalue weighted by Crippen LogP contribution is -2.43. The summed E-state index contributed by atoms with van der Waals surface area (Å²) < 4.78 is 5.14. The number of carboxylic acid groups (broad SMARTS) is 1. The third-order valence-corrected chi connectivity index (χ3v) is 4.66. The molecule has 7 nitrogen and oxygen atoms in total. The van der Waals surface area contributed by atoms with Crippen LogP contribution >= 0.6 is 0 Å². The van der Waals surface area contributed by atoms with Gasteiger partial charge in [0, 0.05) is 44.2 Å². The van der Waals surface area contributed by atoms with Crippen molar-refractivity contribution in [3.63, 3.8) is 0 Å². The number of carbonyl (C=O) groups is 1. The molecule has 0 radical (unpaired) electrons. The summed E-state index contributed by atoms with van der Waals surface area (Å²) in [5, 5.41) is 14.5. The van der Waals surface area contributed by atoms with Crippen LogP contribution in [0.15, 0.2) is 22.7 Å². The Morgan fingerprint density at radius 2 is 1.89 bits per heavy atom. The van der Waals surface area contributed by atoms with Gasteiger partial charge in [0.1, 0.15) is 0 Å². The minimum absolute atomic E-state index is 0.250. The van der Waals surface area contributed by atoms with Crippen molar-refractivity contribution in [2.45, 2.75) is 52.5 Å². The fourth-order valence-corrected chi connectivity index (χ4v) is 3.40. The number of nitrogens with zero attached hydrogens (tertiary/aromatic N) is 3. The molecule has 2 aromatic rings. The summed E-state index contributed by atoms with van der Waals surface area (Å²) in [7, 11) is 0. The van der Waals surface area contributed by atoms with Gasteiger partial charge in [-0.25, -0.2) is 0 Å². The monoisotopic (exact) mass is 374 g/mol. The smallest absolute Gasteiger partial charge is 0.290 e. The van der Waals surface area contributed by atoms with E-state index in [1.54, 1.807) is 0 Å². The number of hydrogen-bond acceptors (Lipinski definition) is 6. The van der Waals surface area contributed by atoms with Gasteiger partial charge in [0.15, 0.2) is 5.82 Å². The number of hydrogen-bond donors (Lipinski definition) is 2. The summed E-state index contributed by atoms with van der Waals surface area (Å²) >= 11 is 0. The minimum atomic E-state index is -0.250. The van der Waals surface area contributed by atoms with E-state index in [0.717, 1.165) is 44.2 Å². The zero-order valence-corrected chi connectivity index (χ0v) is 16.4. The molecule has 148 valence electrons. The highest BCUT2D eigenvalue weighted by atomic mass is 16.5. The van der Waals surface area contributed by atoms with E-state index >= 15 is 0 Å². The molecule has 0 unspecified atom stereocenters. The highest BCUT2D eigenvalue weighted by Crippen LogP contribution is 2.22. The van der Waals surface area contributed by atoms with Gasteiger partial charge in [0.2, 0.25) is 5.89 Å². The maximum absolute atomic E-state index is 8.36. The number of rotatable bonds is 6. The van der Waals surface area contributed by atoms with Crippen LogP contribution in [0.4, 0.5) is 5.69 Å². The van der Waals surface area contributed by atoms with Crippen molar-refractivity contribution >= 4 is 12.2 Å². The summed E-state index contributed by atoms with van der Waals surface area (Å²) in [6.07, 6.45) is 4.00. The zero-order valence-electron chi connectivity index (χ0n) is 16.4. The number of nitrogens with one attached hydrogen (secondary N) is 1. The predicted molar refractivity (Wildman–Crippen MR) is 105 cm³/mol. The molecule has 0 atom stereocenters. The van der Waals surface area contributed by atoms with Crippen LogP contribution < -0.4 is 10.2 Å². The zero-order chi connectivity index (χ0) is 19.6. The first-order valence-electron chi connectivity index (χ1n) is 9.51. The number of piperidine rings is 1. The fourth-order valence-electron chi connectivity index (χ4n) is 3.40. The minimum Gasteiger partial charge on any atom is -0.483 e. The summed E-state index contributed by atoms with van der Waals surface area (Å²) in [5.74, 6) is 1.54. The number of aryl methyl sites for hydroxylation is 3. The van der Waals surface area contributed by atoms with Crippen LogP contribution in [0.5, 0.6) is 0 Å². The SMILES string of the molecule is CCc1nc(CCNC2CCN(c3cc(C)cc(C)c3)CC2)no1.O=CO. The van der Waals surface area contributed by atoms with E-state index in [0.29, 0.717) is 6.04 Å². The first kappa shape index (κ1) is 20.9. The van der Waals surface area contributed by atoms with Crippen molar-refractivity contribution in [3.8, 4) is 0 Å². The molecule has 1 aromatic carbocycles. The molecular weight excluding hydrogens is 344 g/mol. The molecule has 2 heterocycles. The molecular formula is C20H30N4O3. The van der Waals surface area contributed by atoms with E-state index in [1.807, 2.05) is 6.92 Å². The summed E-state index contributed by atoms with van der Waals surface area (Å²) in [5.41, 5.74) is 4.05. The molecule has 0 bridgehead atoms. The lowest BCUT2D eigenvalue weighted by Gasteiger charge is -2.34. The standard InChI is InChI=1S/C19H28N4O.CH2O2/c1-4-19-21-18(22-24-19)5-8-20-16-6-9-23(10-7-16)17-12-14(2)11-15(3)13-17;2-1-3/h11-13,16,20H,4-10H2,1-3H3;1H,(H,2,3). The molecule has 0 saturated carbocycles. The Morgan fingerprint density at radius 1 is 1.26 bits per heavy atom. The van der Waals surface area contributed by atoms with E-state index in [4.69, 9.17) is 14.4 Å². The van der Waals surface area contributed by atoms with Crippen LogP contribution in [0.25, 0.3) is 0 Å². The van der Waals surface area contributed by atoms with Gasteiger partial charge in [-0.15, -0.1) is 0 Å². The van der Waals surface area contributed by atoms with Crippen LogP contribution in [0.3, 0.4) is 0 Å². The lowest BCUT2D eigenvalue weighted by atomic mass is 10.0. The molecule has 2 N–H and O–H groups in total. The highest BCUT2D eigenvalue weighted by Gasteiger charge is 2.19. The van der Waals surface area contributed by atoms with Gasteiger partial charge < -0.3 is 19.8 Å². The molecule has 27 heavy (non-hydrogen) atoms. The molecule has 0 aliphatic carbocycles. The van der Waals surface area contributed by atoms with Crippen LogP contribution in [0.1, 0.15) is 42.6 Å². The largest absolute Gasteiger partial charge is 0.483 e. The molecule has 1 fully saturated rings. The van der Waals surface area contributed by atoms with E-state index in [2.05, 4.69) is 52.4 Å². The second kappa shape index (κ2) is 10.7. The Kier molecular flexibility index (Phi) is 8.26. The van der Waals surface area contributed by atoms with Crippen LogP contribution in [0.2, 0.25) is 0 Å². The number of benzene rings is 1. The van der Waals surface area contributed by atoms with Crippen molar-refractivity contribution in [2.75, 3.05) is 24.5 Å². The van der Waals surface area contributed by atoms with Crippen molar-refractivity contribution in [1.29, 1.82) is 0 Å². The third kappa shape index (κ3) is 6.67. The Bertz CT molecular complexity index is 689. The van der Waals surface area contributed by atoms with Crippen molar-refractivity contribution < 1.29 is 14.4 Å². The number of anilines is 1. The fraction of sp³-hybridized carbons (Fsp3) is 0.550. The average molecular weight is 374 g/mol. The normalized spacial score (nSPS) is 14.6. The van der Waals surface area contributed by atoms with Crippen LogP contribution in [-0.2, 0) is 17.6 Å². The highest BCUT2D eigenvalue weighted by molar-refractivity contribution is 5.51. The van der Waals surface area contributed by atoms with Crippen molar-refractivity contribution in [3.05, 3.63) is 41.0 Å². The van der Waals surface area contributed by atoms with Gasteiger partial charge >= 0.3 is 0 Å². The van der Waals surface area contributed by atoms with Crippen LogP contribution in [-0.4, -0.2) is 47.4 Å². The Balaban J connectivity index is 0.000000817. The first-order valence-corrected chi connectivity index (χ1v) is 9.51. The van der Waals surface area contributed by atoms with E-state index in [1.165, 1.54) is 29.7 Å². The topological polar surface area (TPSA) is 91.5 Å². The quantitative estimate of drug-likeness (QED) is 0.751. The van der Waals surface area contributed by atoms with Crippen LogP contribution in [0, 0.1) is 13.8 Å². The lowest BCUT2D eigenvalue weighted by molar-refractivity contribution is -0.122. The first-order chi connectivity index (χ1) is 13.0. The predicted octanol–water partition coefficient (Wildman–Crippen LogP) is 2.75. The van der Waals surface area contributed by atoms with Gasteiger partial charge in [-0.3, -0.25) is 4.79 Å². The summed E-state index contributed by atoms with van der Waals surface area (Å²) in [6.45, 7) is 9.26. The molecule has 0 spiro atoms. The van der Waals surface area contributed by atoms with Crippen molar-refractivity contribution in [1.82, 2.24) is 15.5 Å². The Morgan fingerprint density at radius 3 is 2.44 bits per heavy atom. The van der Waals surface area contributed by atoms with Gasteiger partial charge in [-0.2, -0.15) is 4.98 Å². The van der Waals surface area contributed by atoms with E-state index in [-0.39, 0.29) is 6.47 Å². The molecule has 0 amide bonds. The molecule has 1 aromatic heterocycles. The van der Waals surface area contributed by atoms with Gasteiger partial charge in [-0.05, 0) is 49.9 Å². The molecule has 1 saturated heterocycles. The molecule has 7 heteroatoms. The number of aromatic nitrogens is 2. The molecule has 1 aliphatic rings. The van der Waals surface area contributed by atoms with Gasteiger partial charge in [0.25, 0.3) is 6.47 Å². The maximum Gasteiger partial charge on any atom is 0.290 e. The van der Waals surface area contributed by atoms with E-state index in [9.17, 15) is 0 Å². The second-order valence-corrected chi connectivity index (χ2v) is 6.87. The average Bonchev–Trinajstić information content (AvgIpc) is 3.10. The second-order valence-electron chi connectivity index (χ2n) is 6.87. The molecule has 1 aliphatic heterocycles. The van der Waals surface area contributed by atoms with Gasteiger partial charge in [0.05, 0.1) is 0 Å². The Labute approximate surface area is 160 Å². The summed E-state index contributed by atoms with van der Waals surface area (Å²) in [6, 6.07) is 7.41. The Hall–Kier alpha value is -2.41. The summed E-state index contributed by atoms with van der Waals surface area (Å²) in [4.78, 5) is 15.2. The third-order valence-electron chi connectivity index (χ3n) is 4.66.